The molecule has 1 aliphatic heterocycles. The molecule has 0 bridgehead atoms. The number of hydrogen-bond donors (Lipinski definition) is 1. The van der Waals surface area contributed by atoms with E-state index in [2.05, 4.69) is 10.4 Å². The van der Waals surface area contributed by atoms with Crippen LogP contribution in [-0.2, 0) is 21.5 Å². The van der Waals surface area contributed by atoms with Gasteiger partial charge in [-0.3, -0.25) is 14.3 Å². The molecular formula is C21H27ClN4O2. The zero-order valence-electron chi connectivity index (χ0n) is 16.6. The van der Waals surface area contributed by atoms with Crippen LogP contribution in [0.25, 0.3) is 0 Å². The Balaban J connectivity index is 1.57. The van der Waals surface area contributed by atoms with Crippen LogP contribution in [0.1, 0.15) is 39.2 Å². The number of amides is 2. The first-order valence-electron chi connectivity index (χ1n) is 9.70. The molecule has 0 spiro atoms. The van der Waals surface area contributed by atoms with Gasteiger partial charge in [0.15, 0.2) is 0 Å². The lowest BCUT2D eigenvalue weighted by atomic mass is 9.82. The number of carbonyl (C=O) groups is 2. The van der Waals surface area contributed by atoms with Gasteiger partial charge in [0.1, 0.15) is 0 Å². The number of halogens is 1. The summed E-state index contributed by atoms with van der Waals surface area (Å²) in [7, 11) is 0. The van der Waals surface area contributed by atoms with Crippen LogP contribution >= 0.6 is 11.6 Å². The highest BCUT2D eigenvalue weighted by Gasteiger charge is 2.36. The van der Waals surface area contributed by atoms with Crippen LogP contribution in [0, 0.1) is 5.92 Å². The number of hydrogen-bond acceptors (Lipinski definition) is 3. The summed E-state index contributed by atoms with van der Waals surface area (Å²) in [4.78, 5) is 27.5. The molecule has 6 nitrogen and oxygen atoms in total. The quantitative estimate of drug-likeness (QED) is 0.828. The lowest BCUT2D eigenvalue weighted by Gasteiger charge is -2.36. The van der Waals surface area contributed by atoms with Crippen molar-refractivity contribution >= 4 is 29.1 Å². The maximum absolute atomic E-state index is 13.1. The van der Waals surface area contributed by atoms with Crippen LogP contribution in [0.4, 0.5) is 5.69 Å². The maximum atomic E-state index is 13.1. The second kappa shape index (κ2) is 8.35. The van der Waals surface area contributed by atoms with E-state index in [4.69, 9.17) is 11.6 Å². The Morgan fingerprint density at radius 2 is 1.86 bits per heavy atom. The van der Waals surface area contributed by atoms with Gasteiger partial charge >= 0.3 is 0 Å². The zero-order chi connectivity index (χ0) is 20.3. The Bertz CT molecular complexity index is 836. The number of piperidine rings is 1. The number of nitrogens with one attached hydrogen (secondary N) is 1. The Kier molecular flexibility index (Phi) is 6.08. The van der Waals surface area contributed by atoms with E-state index in [1.54, 1.807) is 10.9 Å². The summed E-state index contributed by atoms with van der Waals surface area (Å²) in [6, 6.07) is 7.42. The van der Waals surface area contributed by atoms with E-state index in [9.17, 15) is 9.59 Å². The fraction of sp³-hybridized carbons (Fsp3) is 0.476. The summed E-state index contributed by atoms with van der Waals surface area (Å²) >= 11 is 5.96. The molecule has 0 atom stereocenters. The van der Waals surface area contributed by atoms with Crippen molar-refractivity contribution in [3.8, 4) is 0 Å². The molecule has 1 aromatic carbocycles. The number of aryl methyl sites for hydroxylation is 1. The summed E-state index contributed by atoms with van der Waals surface area (Å²) in [5.74, 6) is -0.00899. The maximum Gasteiger partial charge on any atom is 0.232 e. The first kappa shape index (κ1) is 20.4. The molecule has 28 heavy (non-hydrogen) atoms. The van der Waals surface area contributed by atoms with Crippen LogP contribution < -0.4 is 5.32 Å². The smallest absolute Gasteiger partial charge is 0.232 e. The van der Waals surface area contributed by atoms with Gasteiger partial charge < -0.3 is 10.2 Å². The summed E-state index contributed by atoms with van der Waals surface area (Å²) in [5.41, 5.74) is 1.03. The number of rotatable bonds is 5. The highest BCUT2D eigenvalue weighted by Crippen LogP contribution is 2.29. The van der Waals surface area contributed by atoms with Gasteiger partial charge in [0.25, 0.3) is 0 Å². The van der Waals surface area contributed by atoms with Gasteiger partial charge in [0.2, 0.25) is 11.8 Å². The van der Waals surface area contributed by atoms with Crippen molar-refractivity contribution in [2.75, 3.05) is 18.4 Å². The molecule has 2 heterocycles. The predicted molar refractivity (Wildman–Crippen MR) is 110 cm³/mol. The lowest BCUT2D eigenvalue weighted by Crippen LogP contribution is -2.48. The molecule has 3 rings (SSSR count). The van der Waals surface area contributed by atoms with Crippen molar-refractivity contribution in [3.63, 3.8) is 0 Å². The lowest BCUT2D eigenvalue weighted by molar-refractivity contribution is -0.139. The molecule has 1 saturated heterocycles. The van der Waals surface area contributed by atoms with Gasteiger partial charge in [-0.15, -0.1) is 0 Å². The Morgan fingerprint density at radius 3 is 2.43 bits per heavy atom. The minimum atomic E-state index is -0.631. The highest BCUT2D eigenvalue weighted by molar-refractivity contribution is 6.30. The van der Waals surface area contributed by atoms with E-state index in [1.165, 1.54) is 0 Å². The third-order valence-electron chi connectivity index (χ3n) is 5.48. The van der Waals surface area contributed by atoms with Crippen LogP contribution in [0.15, 0.2) is 36.7 Å². The monoisotopic (exact) mass is 402 g/mol. The van der Waals surface area contributed by atoms with Gasteiger partial charge in [0.05, 0.1) is 17.3 Å². The molecular weight excluding hydrogens is 376 g/mol. The van der Waals surface area contributed by atoms with E-state index in [-0.39, 0.29) is 17.7 Å². The van der Waals surface area contributed by atoms with Crippen molar-refractivity contribution in [3.05, 3.63) is 47.2 Å². The van der Waals surface area contributed by atoms with Gasteiger partial charge in [0, 0.05) is 36.8 Å². The summed E-state index contributed by atoms with van der Waals surface area (Å²) in [6.07, 6.45) is 4.81. The van der Waals surface area contributed by atoms with E-state index >= 15 is 0 Å². The number of carbonyl (C=O) groups excluding carboxylic acids is 2. The molecule has 2 aromatic rings. The normalized spacial score (nSPS) is 15.5. The Hall–Kier alpha value is -2.34. The molecule has 0 radical (unpaired) electrons. The van der Waals surface area contributed by atoms with Gasteiger partial charge in [-0.05, 0) is 51.3 Å². The average molecular weight is 403 g/mol. The number of benzene rings is 1. The number of anilines is 1. The molecule has 0 aliphatic carbocycles. The topological polar surface area (TPSA) is 67.2 Å². The first-order chi connectivity index (χ1) is 13.3. The van der Waals surface area contributed by atoms with Crippen molar-refractivity contribution in [1.82, 2.24) is 14.7 Å². The van der Waals surface area contributed by atoms with Crippen LogP contribution in [0.2, 0.25) is 5.02 Å². The van der Waals surface area contributed by atoms with Gasteiger partial charge in [-0.1, -0.05) is 23.7 Å². The van der Waals surface area contributed by atoms with Crippen molar-refractivity contribution < 1.29 is 9.59 Å². The zero-order valence-corrected chi connectivity index (χ0v) is 17.4. The number of likely N-dealkylation sites (tertiary alicyclic amines) is 1. The summed E-state index contributed by atoms with van der Waals surface area (Å²) in [5, 5.41) is 7.76. The van der Waals surface area contributed by atoms with Crippen molar-refractivity contribution in [2.45, 2.75) is 45.6 Å². The minimum absolute atomic E-state index is 0.000265. The molecule has 0 unspecified atom stereocenters. The SMILES string of the molecule is CCn1cc(NC(=O)C2CCN(C(=O)C(C)(C)c3ccc(Cl)cc3)CC2)cn1. The molecule has 1 aliphatic rings. The van der Waals surface area contributed by atoms with E-state index in [0.29, 0.717) is 36.6 Å². The van der Waals surface area contributed by atoms with E-state index in [1.807, 2.05) is 56.1 Å². The molecule has 1 N–H and O–H groups in total. The number of nitrogens with zero attached hydrogens (tertiary/aromatic N) is 3. The Labute approximate surface area is 170 Å². The number of aromatic nitrogens is 2. The average Bonchev–Trinajstić information content (AvgIpc) is 3.15. The third-order valence-corrected chi connectivity index (χ3v) is 5.73. The second-order valence-corrected chi connectivity index (χ2v) is 8.21. The second-order valence-electron chi connectivity index (χ2n) is 7.77. The standard InChI is InChI=1S/C21H27ClN4O2/c1-4-26-14-18(13-23-26)24-19(27)15-9-11-25(12-10-15)20(28)21(2,3)16-5-7-17(22)8-6-16/h5-8,13-15H,4,9-12H2,1-3H3,(H,24,27). The first-order valence-corrected chi connectivity index (χ1v) is 10.1. The molecule has 2 amide bonds. The minimum Gasteiger partial charge on any atom is -0.342 e. The van der Waals surface area contributed by atoms with Crippen molar-refractivity contribution in [1.29, 1.82) is 0 Å². The molecule has 7 heteroatoms. The largest absolute Gasteiger partial charge is 0.342 e. The van der Waals surface area contributed by atoms with Crippen LogP contribution in [-0.4, -0.2) is 39.6 Å². The molecule has 0 saturated carbocycles. The van der Waals surface area contributed by atoms with Crippen LogP contribution in [0.3, 0.4) is 0 Å². The molecule has 1 fully saturated rings. The van der Waals surface area contributed by atoms with Gasteiger partial charge in [-0.2, -0.15) is 5.10 Å². The summed E-state index contributed by atoms with van der Waals surface area (Å²) in [6.45, 7) is 7.80. The van der Waals surface area contributed by atoms with E-state index in [0.717, 1.165) is 12.1 Å². The fourth-order valence-corrected chi connectivity index (χ4v) is 3.70. The highest BCUT2D eigenvalue weighted by atomic mass is 35.5. The fourth-order valence-electron chi connectivity index (χ4n) is 3.58. The predicted octanol–water partition coefficient (Wildman–Crippen LogP) is 3.71. The molecule has 150 valence electrons. The third kappa shape index (κ3) is 4.38. The van der Waals surface area contributed by atoms with Crippen LogP contribution in [0.5, 0.6) is 0 Å². The Morgan fingerprint density at radius 1 is 1.21 bits per heavy atom. The van der Waals surface area contributed by atoms with Gasteiger partial charge in [-0.25, -0.2) is 0 Å². The van der Waals surface area contributed by atoms with E-state index < -0.39 is 5.41 Å². The molecule has 1 aromatic heterocycles. The summed E-state index contributed by atoms with van der Waals surface area (Å²) < 4.78 is 1.77. The van der Waals surface area contributed by atoms with Crippen molar-refractivity contribution in [2.24, 2.45) is 5.92 Å².